The summed E-state index contributed by atoms with van der Waals surface area (Å²) in [6, 6.07) is 14.2. The second kappa shape index (κ2) is 11.2. The van der Waals surface area contributed by atoms with Crippen molar-refractivity contribution < 1.29 is 17.6 Å². The first-order valence-corrected chi connectivity index (χ1v) is 12.6. The first-order chi connectivity index (χ1) is 16.9. The molecule has 4 rings (SSSR count). The van der Waals surface area contributed by atoms with Crippen LogP contribution < -0.4 is 0 Å². The molecular formula is C31H32F4. The Hall–Kier alpha value is -2.88. The van der Waals surface area contributed by atoms with Crippen LogP contribution in [-0.4, -0.2) is 0 Å². The molecule has 4 heteroatoms. The molecule has 1 aliphatic carbocycles. The minimum Gasteiger partial charge on any atom is -0.203 e. The molecule has 0 saturated heterocycles. The van der Waals surface area contributed by atoms with E-state index in [2.05, 4.69) is 6.92 Å². The SMILES string of the molecule is CCCc1ccc(C2=CCC(CCc3ccc(-c4ccc(CC)cc4)c(F)c3F)CC2)c(F)c1F. The topological polar surface area (TPSA) is 0 Å². The van der Waals surface area contributed by atoms with Gasteiger partial charge in [0.1, 0.15) is 0 Å². The molecule has 0 aliphatic heterocycles. The number of allylic oxidation sites excluding steroid dienone is 2. The average Bonchev–Trinajstić information content (AvgIpc) is 2.88. The van der Waals surface area contributed by atoms with Crippen LogP contribution in [0.15, 0.2) is 54.6 Å². The Morgan fingerprint density at radius 1 is 0.714 bits per heavy atom. The summed E-state index contributed by atoms with van der Waals surface area (Å²) in [5.74, 6) is -2.78. The standard InChI is InChI=1S/C31H32F4/c1-3-5-24-16-18-26(30(34)28(24)32)23-13-8-21(9-14-23)10-15-25-17-19-27(31(35)29(25)33)22-11-6-20(4-2)7-12-22/h6-7,11-13,16-19,21H,3-5,8-10,14-15H2,1-2H3. The quantitative estimate of drug-likeness (QED) is 0.282. The molecule has 35 heavy (non-hydrogen) atoms. The van der Waals surface area contributed by atoms with Gasteiger partial charge in [0.05, 0.1) is 0 Å². The van der Waals surface area contributed by atoms with Gasteiger partial charge < -0.3 is 0 Å². The third kappa shape index (κ3) is 5.52. The van der Waals surface area contributed by atoms with Gasteiger partial charge in [-0.1, -0.05) is 74.9 Å². The Labute approximate surface area is 205 Å². The van der Waals surface area contributed by atoms with Crippen LogP contribution in [-0.2, 0) is 19.3 Å². The van der Waals surface area contributed by atoms with Gasteiger partial charge in [-0.3, -0.25) is 0 Å². The molecule has 0 aromatic heterocycles. The lowest BCUT2D eigenvalue weighted by Gasteiger charge is -2.23. The van der Waals surface area contributed by atoms with Gasteiger partial charge in [-0.2, -0.15) is 0 Å². The van der Waals surface area contributed by atoms with Crippen molar-refractivity contribution in [2.75, 3.05) is 0 Å². The fourth-order valence-electron chi connectivity index (χ4n) is 4.98. The first kappa shape index (κ1) is 25.2. The van der Waals surface area contributed by atoms with Crippen LogP contribution in [0.25, 0.3) is 16.7 Å². The first-order valence-electron chi connectivity index (χ1n) is 12.6. The summed E-state index contributed by atoms with van der Waals surface area (Å²) in [7, 11) is 0. The minimum absolute atomic E-state index is 0.276. The van der Waals surface area contributed by atoms with Crippen molar-refractivity contribution in [3.05, 3.63) is 100 Å². The van der Waals surface area contributed by atoms with E-state index in [1.807, 2.05) is 37.3 Å². The number of benzene rings is 3. The van der Waals surface area contributed by atoms with E-state index >= 15 is 0 Å². The van der Waals surface area contributed by atoms with Gasteiger partial charge >= 0.3 is 0 Å². The maximum absolute atomic E-state index is 14.8. The van der Waals surface area contributed by atoms with Crippen molar-refractivity contribution in [2.24, 2.45) is 5.92 Å². The molecular weight excluding hydrogens is 448 g/mol. The predicted molar refractivity (Wildman–Crippen MR) is 135 cm³/mol. The molecule has 0 nitrogen and oxygen atoms in total. The predicted octanol–water partition coefficient (Wildman–Crippen LogP) is 9.24. The Morgan fingerprint density at radius 2 is 1.34 bits per heavy atom. The van der Waals surface area contributed by atoms with Crippen LogP contribution in [0.4, 0.5) is 17.6 Å². The normalized spacial score (nSPS) is 15.8. The van der Waals surface area contributed by atoms with Crippen molar-refractivity contribution in [3.63, 3.8) is 0 Å². The van der Waals surface area contributed by atoms with Crippen molar-refractivity contribution in [1.82, 2.24) is 0 Å². The van der Waals surface area contributed by atoms with Gasteiger partial charge in [-0.05, 0) is 78.7 Å². The van der Waals surface area contributed by atoms with E-state index in [9.17, 15) is 17.6 Å². The Balaban J connectivity index is 1.40. The van der Waals surface area contributed by atoms with E-state index in [4.69, 9.17) is 0 Å². The third-order valence-electron chi connectivity index (χ3n) is 7.20. The number of aryl methyl sites for hydroxylation is 3. The molecule has 1 atom stereocenters. The second-order valence-electron chi connectivity index (χ2n) is 9.51. The number of rotatable bonds is 8. The largest absolute Gasteiger partial charge is 0.203 e. The summed E-state index contributed by atoms with van der Waals surface area (Å²) < 4.78 is 58.6. The fourth-order valence-corrected chi connectivity index (χ4v) is 4.98. The van der Waals surface area contributed by atoms with Gasteiger partial charge in [-0.15, -0.1) is 0 Å². The van der Waals surface area contributed by atoms with E-state index < -0.39 is 23.3 Å². The fraction of sp³-hybridized carbons (Fsp3) is 0.355. The zero-order valence-corrected chi connectivity index (χ0v) is 20.4. The van der Waals surface area contributed by atoms with E-state index in [0.29, 0.717) is 47.4 Å². The molecule has 1 aliphatic rings. The van der Waals surface area contributed by atoms with Gasteiger partial charge in [0.25, 0.3) is 0 Å². The van der Waals surface area contributed by atoms with Crippen LogP contribution >= 0.6 is 0 Å². The zero-order valence-electron chi connectivity index (χ0n) is 20.4. The highest BCUT2D eigenvalue weighted by atomic mass is 19.2. The molecule has 0 amide bonds. The van der Waals surface area contributed by atoms with Gasteiger partial charge in [0.15, 0.2) is 23.3 Å². The number of hydrogen-bond donors (Lipinski definition) is 0. The smallest absolute Gasteiger partial charge is 0.166 e. The summed E-state index contributed by atoms with van der Waals surface area (Å²) in [6.07, 6.45) is 7.51. The lowest BCUT2D eigenvalue weighted by atomic mass is 9.83. The Morgan fingerprint density at radius 3 is 1.94 bits per heavy atom. The van der Waals surface area contributed by atoms with Crippen molar-refractivity contribution in [1.29, 1.82) is 0 Å². The summed E-state index contributed by atoms with van der Waals surface area (Å²) >= 11 is 0. The summed E-state index contributed by atoms with van der Waals surface area (Å²) in [4.78, 5) is 0. The van der Waals surface area contributed by atoms with Gasteiger partial charge in [0, 0.05) is 11.1 Å². The molecule has 1 unspecified atom stereocenters. The molecule has 0 N–H and O–H groups in total. The maximum atomic E-state index is 14.8. The van der Waals surface area contributed by atoms with Crippen LogP contribution in [0.1, 0.15) is 68.2 Å². The summed E-state index contributed by atoms with van der Waals surface area (Å²) in [5, 5.41) is 0. The van der Waals surface area contributed by atoms with Gasteiger partial charge in [0.2, 0.25) is 0 Å². The van der Waals surface area contributed by atoms with E-state index in [1.54, 1.807) is 24.3 Å². The molecule has 0 heterocycles. The lowest BCUT2D eigenvalue weighted by molar-refractivity contribution is 0.438. The van der Waals surface area contributed by atoms with Crippen LogP contribution in [0.2, 0.25) is 0 Å². The number of halogens is 4. The van der Waals surface area contributed by atoms with E-state index in [0.717, 1.165) is 43.2 Å². The van der Waals surface area contributed by atoms with Crippen molar-refractivity contribution in [3.8, 4) is 11.1 Å². The molecule has 3 aromatic rings. The lowest BCUT2D eigenvalue weighted by Crippen LogP contribution is -2.09. The molecule has 184 valence electrons. The van der Waals surface area contributed by atoms with E-state index in [1.165, 1.54) is 0 Å². The molecule has 0 spiro atoms. The van der Waals surface area contributed by atoms with Gasteiger partial charge in [-0.25, -0.2) is 17.6 Å². The molecule has 0 radical (unpaired) electrons. The molecule has 0 bridgehead atoms. The molecule has 0 fully saturated rings. The molecule has 0 saturated carbocycles. The highest BCUT2D eigenvalue weighted by molar-refractivity contribution is 5.67. The highest BCUT2D eigenvalue weighted by Gasteiger charge is 2.21. The molecule has 3 aromatic carbocycles. The highest BCUT2D eigenvalue weighted by Crippen LogP contribution is 2.35. The number of hydrogen-bond acceptors (Lipinski definition) is 0. The van der Waals surface area contributed by atoms with Crippen LogP contribution in [0.5, 0.6) is 0 Å². The minimum atomic E-state index is -0.804. The monoisotopic (exact) mass is 480 g/mol. The van der Waals surface area contributed by atoms with Crippen molar-refractivity contribution in [2.45, 2.75) is 65.2 Å². The summed E-state index contributed by atoms with van der Waals surface area (Å²) in [5.41, 5.74) is 4.07. The van der Waals surface area contributed by atoms with Crippen LogP contribution in [0, 0.1) is 29.2 Å². The van der Waals surface area contributed by atoms with Crippen LogP contribution in [0.3, 0.4) is 0 Å². The Kier molecular flexibility index (Phi) is 8.10. The third-order valence-corrected chi connectivity index (χ3v) is 7.20. The van der Waals surface area contributed by atoms with Crippen molar-refractivity contribution >= 4 is 5.57 Å². The Bertz CT molecular complexity index is 1210. The average molecular weight is 481 g/mol. The summed E-state index contributed by atoms with van der Waals surface area (Å²) in [6.45, 7) is 3.99. The maximum Gasteiger partial charge on any atom is 0.166 e. The zero-order chi connectivity index (χ0) is 24.9. The van der Waals surface area contributed by atoms with E-state index in [-0.39, 0.29) is 5.56 Å². The second-order valence-corrected chi connectivity index (χ2v) is 9.51.